The molecule has 1 aromatic rings. The maximum atomic E-state index is 15.2. The number of aliphatic hydroxyl groups excluding tert-OH is 4. The van der Waals surface area contributed by atoms with Gasteiger partial charge in [0.25, 0.3) is 0 Å². The third-order valence-electron chi connectivity index (χ3n) is 24.0. The molecular weight excluding hydrogens is 869 g/mol. The SMILES string of the molecule is C[C@@H]1[C@]2(O[C@H]3C=C4[C@@H]5CC[C@H]6Cc7nc8c(nc7C[C@]6(C)[C@H]5C[C@@H](O)[C@]4(C)[C@]31O)C[C@@H]1CC[C@H]3[C@@]45O[C@@H]4C[C@@H]4[C@H](C)[C@@]6(OC[C@@]45C(=O)C[C@]3(O)[C@@]1(C)C8)OC(C)(C)C[C@H]6O)O[C@](C)(CO)C[C@H]2O. The maximum absolute atomic E-state index is 15.2. The number of ketones is 1. The lowest BCUT2D eigenvalue weighted by molar-refractivity contribution is -0.351. The van der Waals surface area contributed by atoms with Crippen molar-refractivity contribution in [1.29, 1.82) is 0 Å². The molecule has 372 valence electrons. The van der Waals surface area contributed by atoms with Crippen molar-refractivity contribution in [2.24, 2.45) is 69.0 Å². The lowest BCUT2D eigenvalue weighted by Crippen LogP contribution is -2.75. The van der Waals surface area contributed by atoms with Crippen LogP contribution in [0.2, 0.25) is 0 Å². The molecular formula is C54H74N2O12. The highest BCUT2D eigenvalue weighted by atomic mass is 16.7. The van der Waals surface area contributed by atoms with E-state index in [2.05, 4.69) is 26.8 Å². The van der Waals surface area contributed by atoms with Crippen molar-refractivity contribution in [2.75, 3.05) is 13.2 Å². The molecule has 14 nitrogen and oxygen atoms in total. The van der Waals surface area contributed by atoms with Crippen molar-refractivity contribution in [3.63, 3.8) is 0 Å². The van der Waals surface area contributed by atoms with Crippen LogP contribution in [0.25, 0.3) is 0 Å². The first-order valence-electron chi connectivity index (χ1n) is 26.5. The number of hydrogen-bond donors (Lipinski definition) is 6. The Kier molecular flexibility index (Phi) is 8.46. The molecule has 0 radical (unpaired) electrons. The first-order valence-corrected chi connectivity index (χ1v) is 26.5. The Morgan fingerprint density at radius 1 is 0.750 bits per heavy atom. The van der Waals surface area contributed by atoms with Crippen LogP contribution in [0.3, 0.4) is 0 Å². The van der Waals surface area contributed by atoms with Gasteiger partial charge in [-0.15, -0.1) is 0 Å². The zero-order valence-corrected chi connectivity index (χ0v) is 41.2. The molecule has 1 aromatic heterocycles. The van der Waals surface area contributed by atoms with Crippen LogP contribution in [0.15, 0.2) is 11.6 Å². The van der Waals surface area contributed by atoms with E-state index >= 15 is 4.79 Å². The molecule has 0 aromatic carbocycles. The zero-order valence-electron chi connectivity index (χ0n) is 41.2. The second-order valence-corrected chi connectivity index (χ2v) is 26.9. The summed E-state index contributed by atoms with van der Waals surface area (Å²) < 4.78 is 33.1. The average molecular weight is 943 g/mol. The van der Waals surface area contributed by atoms with Gasteiger partial charge in [-0.2, -0.15) is 0 Å². The van der Waals surface area contributed by atoms with Crippen LogP contribution in [-0.4, -0.2) is 130 Å². The van der Waals surface area contributed by atoms with Gasteiger partial charge in [0, 0.05) is 47.8 Å². The monoisotopic (exact) mass is 943 g/mol. The summed E-state index contributed by atoms with van der Waals surface area (Å²) in [7, 11) is 0. The van der Waals surface area contributed by atoms with E-state index in [0.717, 1.165) is 66.9 Å². The molecule has 6 N–H and O–H groups in total. The number of Topliss-reactive ketones (excluding diaryl/α,β-unsaturated/α-hetero) is 1. The van der Waals surface area contributed by atoms with Crippen molar-refractivity contribution in [1.82, 2.24) is 9.97 Å². The number of rotatable bonds is 1. The first-order chi connectivity index (χ1) is 31.9. The van der Waals surface area contributed by atoms with Crippen LogP contribution in [0, 0.1) is 69.0 Å². The number of aromatic nitrogens is 2. The van der Waals surface area contributed by atoms with Gasteiger partial charge >= 0.3 is 0 Å². The zero-order chi connectivity index (χ0) is 47.7. The molecule has 14 rings (SSSR count). The van der Waals surface area contributed by atoms with Gasteiger partial charge in [-0.05, 0) is 120 Å². The van der Waals surface area contributed by atoms with E-state index in [-0.39, 0.29) is 78.9 Å². The molecule has 4 spiro atoms. The highest BCUT2D eigenvalue weighted by Crippen LogP contribution is 2.79. The number of carbonyl (C=O) groups excluding carboxylic acids is 1. The molecule has 14 heteroatoms. The number of carbonyl (C=O) groups is 1. The summed E-state index contributed by atoms with van der Waals surface area (Å²) in [4.78, 5) is 26.2. The fourth-order valence-corrected chi connectivity index (χ4v) is 20.4. The molecule has 0 bridgehead atoms. The molecule has 0 unspecified atom stereocenters. The van der Waals surface area contributed by atoms with E-state index in [4.69, 9.17) is 33.7 Å². The molecule has 5 aliphatic heterocycles. The Balaban J connectivity index is 0.745. The number of nitrogens with zero attached hydrogens (tertiary/aromatic N) is 2. The van der Waals surface area contributed by atoms with Crippen LogP contribution in [-0.2, 0) is 54.2 Å². The first kappa shape index (κ1) is 44.7. The van der Waals surface area contributed by atoms with Crippen LogP contribution >= 0.6 is 0 Å². The van der Waals surface area contributed by atoms with Gasteiger partial charge in [-0.25, -0.2) is 0 Å². The highest BCUT2D eigenvalue weighted by Gasteiger charge is 2.90. The Morgan fingerprint density at radius 2 is 1.44 bits per heavy atom. The Morgan fingerprint density at radius 3 is 2.13 bits per heavy atom. The minimum atomic E-state index is -1.52. The topological polar surface area (TPSA) is 214 Å². The van der Waals surface area contributed by atoms with E-state index in [0.29, 0.717) is 38.0 Å². The lowest BCUT2D eigenvalue weighted by atomic mass is 9.41. The summed E-state index contributed by atoms with van der Waals surface area (Å²) in [6.07, 6.45) is 6.70. The normalized spacial score (nSPS) is 60.4. The molecule has 0 amide bonds. The van der Waals surface area contributed by atoms with E-state index < -0.39 is 86.2 Å². The molecule has 13 aliphatic rings. The second-order valence-electron chi connectivity index (χ2n) is 26.9. The smallest absolute Gasteiger partial charge is 0.201 e. The quantitative estimate of drug-likeness (QED) is 0.175. The molecule has 23 atom stereocenters. The van der Waals surface area contributed by atoms with E-state index in [1.165, 1.54) is 0 Å². The van der Waals surface area contributed by atoms with E-state index in [9.17, 15) is 30.6 Å². The number of fused-ring (bicyclic) bond motifs is 12. The largest absolute Gasteiger partial charge is 0.393 e. The van der Waals surface area contributed by atoms with Gasteiger partial charge in [0.2, 0.25) is 5.79 Å². The second kappa shape index (κ2) is 12.9. The van der Waals surface area contributed by atoms with Crippen molar-refractivity contribution in [3.8, 4) is 0 Å². The predicted molar refractivity (Wildman–Crippen MR) is 241 cm³/mol. The summed E-state index contributed by atoms with van der Waals surface area (Å²) in [6, 6.07) is 0. The maximum Gasteiger partial charge on any atom is 0.201 e. The lowest BCUT2D eigenvalue weighted by Gasteiger charge is -2.65. The molecule has 68 heavy (non-hydrogen) atoms. The number of aliphatic hydroxyl groups is 6. The van der Waals surface area contributed by atoms with Gasteiger partial charge in [-0.1, -0.05) is 46.3 Å². The molecule has 5 saturated heterocycles. The number of epoxide rings is 1. The van der Waals surface area contributed by atoms with E-state index in [1.807, 2.05) is 27.7 Å². The summed E-state index contributed by atoms with van der Waals surface area (Å²) in [5, 5.41) is 71.8. The van der Waals surface area contributed by atoms with Gasteiger partial charge in [-0.3, -0.25) is 14.8 Å². The van der Waals surface area contributed by atoms with Gasteiger partial charge in [0.1, 0.15) is 35.3 Å². The summed E-state index contributed by atoms with van der Waals surface area (Å²) in [5.74, 6) is -3.12. The fraction of sp³-hybridized carbons (Fsp3) is 0.870. The minimum absolute atomic E-state index is 0.0332. The molecule has 5 saturated carbocycles. The Labute approximate surface area is 399 Å². The van der Waals surface area contributed by atoms with Crippen molar-refractivity contribution in [3.05, 3.63) is 34.4 Å². The van der Waals surface area contributed by atoms with Crippen molar-refractivity contribution < 1.29 is 59.1 Å². The molecule has 8 aliphatic carbocycles. The average Bonchev–Trinajstić information content (AvgIpc) is 3.40. The molecule has 10 fully saturated rings. The van der Waals surface area contributed by atoms with Crippen LogP contribution in [0.4, 0.5) is 0 Å². The highest BCUT2D eigenvalue weighted by molar-refractivity contribution is 5.91. The third kappa shape index (κ3) is 4.65. The standard InChI is InChI=1S/C54H74N2O12/c1-25-30-16-43-52(65-43)37-12-10-28-14-34-36(19-47(28,7)50(37,62)22-39(59)49(30,52)24-64-53(25)40(60)20-44(3,4)67-53)56-33-13-27-9-11-29-31(46(27,6)18-35(33)55-34)15-38(58)48(8)32(29)17-42-51(48,63)26(2)54(66-42)41(61)21-45(5,23-57)68-54/h17,25-31,37-38,40-43,57-58,60-63H,9-16,18-24H2,1-8H3/t25-,26-,27-,28-,29+,30+,31-,37+,38+,40+,41+,42-,43+,45-,46-,47-,48+,49-,50+,51+,52+,53+,54-/m0/s1. The number of hydrogen-bond acceptors (Lipinski definition) is 14. The summed E-state index contributed by atoms with van der Waals surface area (Å²) >= 11 is 0. The summed E-state index contributed by atoms with van der Waals surface area (Å²) in [5.41, 5.74) is -2.74. The van der Waals surface area contributed by atoms with Gasteiger partial charge < -0.3 is 54.3 Å². The summed E-state index contributed by atoms with van der Waals surface area (Å²) in [6.45, 7) is 16.1. The van der Waals surface area contributed by atoms with Gasteiger partial charge in [0.05, 0.1) is 70.4 Å². The Bertz CT molecular complexity index is 2490. The Hall–Kier alpha value is -1.95. The van der Waals surface area contributed by atoms with Gasteiger partial charge in [0.15, 0.2) is 5.79 Å². The van der Waals surface area contributed by atoms with Crippen LogP contribution in [0.1, 0.15) is 136 Å². The van der Waals surface area contributed by atoms with Crippen LogP contribution < -0.4 is 0 Å². The number of ether oxygens (including phenoxy) is 5. The third-order valence-corrected chi connectivity index (χ3v) is 24.0. The molecule has 6 heterocycles. The minimum Gasteiger partial charge on any atom is -0.393 e. The fourth-order valence-electron chi connectivity index (χ4n) is 20.4. The van der Waals surface area contributed by atoms with Crippen LogP contribution in [0.5, 0.6) is 0 Å². The van der Waals surface area contributed by atoms with Crippen molar-refractivity contribution in [2.45, 2.75) is 209 Å². The van der Waals surface area contributed by atoms with Crippen molar-refractivity contribution >= 4 is 5.78 Å². The van der Waals surface area contributed by atoms with E-state index in [1.54, 1.807) is 6.92 Å². The predicted octanol–water partition coefficient (Wildman–Crippen LogP) is 3.83.